The molecule has 1 aromatic rings. The van der Waals surface area contributed by atoms with Crippen LogP contribution in [0, 0.1) is 0 Å². The van der Waals surface area contributed by atoms with Gasteiger partial charge in [-0.3, -0.25) is 0 Å². The number of nitrogens with one attached hydrogen (secondary N) is 1. The Labute approximate surface area is 129 Å². The maximum Gasteiger partial charge on any atom is 0.137 e. The Hall–Kier alpha value is -0.140. The van der Waals surface area contributed by atoms with Gasteiger partial charge in [-0.1, -0.05) is 15.9 Å². The Morgan fingerprint density at radius 1 is 1.32 bits per heavy atom. The molecule has 1 heterocycles. The summed E-state index contributed by atoms with van der Waals surface area (Å²) in [7, 11) is 0. The molecule has 1 saturated heterocycles. The normalized spacial score (nSPS) is 18.3. The highest BCUT2D eigenvalue weighted by Crippen LogP contribution is 2.28. The predicted molar refractivity (Wildman–Crippen MR) is 79.7 cm³/mol. The van der Waals surface area contributed by atoms with E-state index in [1.807, 2.05) is 18.2 Å². The van der Waals surface area contributed by atoms with Crippen molar-refractivity contribution in [2.75, 3.05) is 39.5 Å². The lowest BCUT2D eigenvalue weighted by molar-refractivity contribution is -0.911. The number of benzene rings is 1. The molecule has 0 amide bonds. The van der Waals surface area contributed by atoms with Gasteiger partial charge in [0, 0.05) is 4.47 Å². The van der Waals surface area contributed by atoms with Crippen molar-refractivity contribution in [1.82, 2.24) is 0 Å². The molecule has 2 N–H and O–H groups in total. The molecule has 2 rings (SSSR count). The average Bonchev–Trinajstić information content (AvgIpc) is 2.39. The van der Waals surface area contributed by atoms with Crippen LogP contribution in [-0.2, 0) is 4.74 Å². The van der Waals surface area contributed by atoms with Gasteiger partial charge in [0.2, 0.25) is 0 Å². The van der Waals surface area contributed by atoms with Crippen LogP contribution in [0.5, 0.6) is 5.75 Å². The fraction of sp³-hybridized carbons (Fsp3) is 0.538. The number of hydrogen-bond donors (Lipinski definition) is 2. The van der Waals surface area contributed by atoms with Crippen molar-refractivity contribution in [3.05, 3.63) is 27.1 Å². The van der Waals surface area contributed by atoms with Gasteiger partial charge >= 0.3 is 0 Å². The van der Waals surface area contributed by atoms with Gasteiger partial charge in [0.1, 0.15) is 38.1 Å². The Bertz CT molecular complexity index is 411. The van der Waals surface area contributed by atoms with Crippen LogP contribution in [0.4, 0.5) is 0 Å². The summed E-state index contributed by atoms with van der Waals surface area (Å²) in [6.45, 7) is 4.49. The molecule has 19 heavy (non-hydrogen) atoms. The highest BCUT2D eigenvalue weighted by atomic mass is 79.9. The molecular formula is C13H18Br2NO3+. The average molecular weight is 396 g/mol. The van der Waals surface area contributed by atoms with Crippen LogP contribution in [-0.4, -0.2) is 50.7 Å². The van der Waals surface area contributed by atoms with E-state index < -0.39 is 6.10 Å². The van der Waals surface area contributed by atoms with Crippen molar-refractivity contribution in [3.63, 3.8) is 0 Å². The largest absolute Gasteiger partial charge is 0.489 e. The van der Waals surface area contributed by atoms with E-state index in [4.69, 9.17) is 9.47 Å². The molecule has 4 nitrogen and oxygen atoms in total. The van der Waals surface area contributed by atoms with Crippen LogP contribution in [0.1, 0.15) is 0 Å². The maximum atomic E-state index is 10.00. The standard InChI is InChI=1S/C13H17Br2NO3/c14-10-1-2-13(12(15)7-10)19-9-11(17)8-16-3-5-18-6-4-16/h1-2,7,11,17H,3-6,8-9H2/p+1/t11-/m1/s1. The van der Waals surface area contributed by atoms with E-state index in [1.54, 1.807) is 0 Å². The van der Waals surface area contributed by atoms with E-state index in [9.17, 15) is 5.11 Å². The van der Waals surface area contributed by atoms with Gasteiger partial charge in [0.05, 0.1) is 17.7 Å². The first-order chi connectivity index (χ1) is 9.15. The lowest BCUT2D eigenvalue weighted by Gasteiger charge is -2.25. The molecule has 0 aliphatic carbocycles. The van der Waals surface area contributed by atoms with Gasteiger partial charge in [0.15, 0.2) is 0 Å². The van der Waals surface area contributed by atoms with Crippen molar-refractivity contribution < 1.29 is 19.5 Å². The lowest BCUT2D eigenvalue weighted by atomic mass is 10.3. The first kappa shape index (κ1) is 15.3. The minimum absolute atomic E-state index is 0.310. The van der Waals surface area contributed by atoms with Gasteiger partial charge in [0.25, 0.3) is 0 Å². The predicted octanol–water partition coefficient (Wildman–Crippen LogP) is 0.866. The molecule has 1 atom stereocenters. The van der Waals surface area contributed by atoms with Gasteiger partial charge < -0.3 is 19.5 Å². The molecule has 0 bridgehead atoms. The molecule has 0 spiro atoms. The van der Waals surface area contributed by atoms with Crippen molar-refractivity contribution in [1.29, 1.82) is 0 Å². The third kappa shape index (κ3) is 5.04. The molecular weight excluding hydrogens is 378 g/mol. The summed E-state index contributed by atoms with van der Waals surface area (Å²) < 4.78 is 12.8. The maximum absolute atomic E-state index is 10.00. The minimum Gasteiger partial charge on any atom is -0.489 e. The van der Waals surface area contributed by atoms with Gasteiger partial charge in [-0.05, 0) is 34.1 Å². The van der Waals surface area contributed by atoms with Gasteiger partial charge in [-0.15, -0.1) is 0 Å². The lowest BCUT2D eigenvalue weighted by Crippen LogP contribution is -3.15. The molecule has 6 heteroatoms. The highest BCUT2D eigenvalue weighted by molar-refractivity contribution is 9.11. The van der Waals surface area contributed by atoms with Crippen LogP contribution in [0.25, 0.3) is 0 Å². The summed E-state index contributed by atoms with van der Waals surface area (Å²) in [6.07, 6.45) is -0.455. The van der Waals surface area contributed by atoms with Crippen molar-refractivity contribution in [2.24, 2.45) is 0 Å². The molecule has 1 fully saturated rings. The Balaban J connectivity index is 1.77. The molecule has 106 valence electrons. The summed E-state index contributed by atoms with van der Waals surface area (Å²) in [6, 6.07) is 5.72. The monoisotopic (exact) mass is 394 g/mol. The second-order valence-electron chi connectivity index (χ2n) is 4.61. The molecule has 0 aromatic heterocycles. The summed E-state index contributed by atoms with van der Waals surface area (Å²) in [4.78, 5) is 1.37. The second-order valence-corrected chi connectivity index (χ2v) is 6.38. The van der Waals surface area contributed by atoms with Crippen LogP contribution in [0.3, 0.4) is 0 Å². The van der Waals surface area contributed by atoms with Crippen LogP contribution in [0.15, 0.2) is 27.1 Å². The number of ether oxygens (including phenoxy) is 2. The number of hydrogen-bond acceptors (Lipinski definition) is 3. The molecule has 1 aromatic carbocycles. The zero-order valence-corrected chi connectivity index (χ0v) is 13.7. The smallest absolute Gasteiger partial charge is 0.137 e. The fourth-order valence-electron chi connectivity index (χ4n) is 2.03. The van der Waals surface area contributed by atoms with E-state index in [2.05, 4.69) is 31.9 Å². The third-order valence-corrected chi connectivity index (χ3v) is 4.16. The second kappa shape index (κ2) is 7.59. The van der Waals surface area contributed by atoms with E-state index in [1.165, 1.54) is 4.90 Å². The topological polar surface area (TPSA) is 43.1 Å². The Morgan fingerprint density at radius 3 is 2.74 bits per heavy atom. The van der Waals surface area contributed by atoms with Crippen molar-refractivity contribution in [2.45, 2.75) is 6.10 Å². The van der Waals surface area contributed by atoms with E-state index in [0.29, 0.717) is 13.2 Å². The molecule has 0 saturated carbocycles. The van der Waals surface area contributed by atoms with Crippen molar-refractivity contribution in [3.8, 4) is 5.75 Å². The third-order valence-electron chi connectivity index (χ3n) is 3.05. The first-order valence-electron chi connectivity index (χ1n) is 6.32. The van der Waals surface area contributed by atoms with Crippen LogP contribution in [0.2, 0.25) is 0 Å². The zero-order chi connectivity index (χ0) is 13.7. The number of aliphatic hydroxyl groups is 1. The number of quaternary nitrogens is 1. The summed E-state index contributed by atoms with van der Waals surface area (Å²) in [5, 5.41) is 10.00. The molecule has 0 radical (unpaired) electrons. The van der Waals surface area contributed by atoms with Gasteiger partial charge in [-0.25, -0.2) is 0 Å². The number of aliphatic hydroxyl groups excluding tert-OH is 1. The van der Waals surface area contributed by atoms with Crippen molar-refractivity contribution >= 4 is 31.9 Å². The number of morpholine rings is 1. The number of halogens is 2. The number of rotatable bonds is 5. The summed E-state index contributed by atoms with van der Waals surface area (Å²) in [5.41, 5.74) is 0. The van der Waals surface area contributed by atoms with E-state index in [-0.39, 0.29) is 0 Å². The first-order valence-corrected chi connectivity index (χ1v) is 7.91. The Morgan fingerprint density at radius 2 is 2.05 bits per heavy atom. The summed E-state index contributed by atoms with van der Waals surface area (Å²) in [5.74, 6) is 0.749. The van der Waals surface area contributed by atoms with Crippen LogP contribution >= 0.6 is 31.9 Å². The molecule has 1 aliphatic rings. The van der Waals surface area contributed by atoms with E-state index >= 15 is 0 Å². The molecule has 0 unspecified atom stereocenters. The SMILES string of the molecule is O[C@@H](COc1ccc(Br)cc1Br)C[NH+]1CCOCC1. The Kier molecular flexibility index (Phi) is 6.09. The highest BCUT2D eigenvalue weighted by Gasteiger charge is 2.18. The quantitative estimate of drug-likeness (QED) is 0.777. The van der Waals surface area contributed by atoms with E-state index in [0.717, 1.165) is 41.0 Å². The zero-order valence-electron chi connectivity index (χ0n) is 10.6. The van der Waals surface area contributed by atoms with Crippen LogP contribution < -0.4 is 9.64 Å². The molecule has 1 aliphatic heterocycles. The summed E-state index contributed by atoms with van der Waals surface area (Å²) >= 11 is 6.83. The van der Waals surface area contributed by atoms with Gasteiger partial charge in [-0.2, -0.15) is 0 Å². The fourth-order valence-corrected chi connectivity index (χ4v) is 3.20. The minimum atomic E-state index is -0.455.